The van der Waals surface area contributed by atoms with Gasteiger partial charge in [-0.1, -0.05) is 18.2 Å². The summed E-state index contributed by atoms with van der Waals surface area (Å²) in [5, 5.41) is 0. The molecule has 1 aliphatic rings. The Morgan fingerprint density at radius 3 is 2.43 bits per heavy atom. The van der Waals surface area contributed by atoms with Crippen LogP contribution in [0.4, 0.5) is 17.2 Å². The fraction of sp³-hybridized carbons (Fsp3) is 0.0588. The van der Waals surface area contributed by atoms with Crippen molar-refractivity contribution in [3.8, 4) is 11.3 Å². The molecule has 1 aromatic carbocycles. The first kappa shape index (κ1) is 15.7. The molecule has 6 heteroatoms. The second kappa shape index (κ2) is 6.53. The van der Waals surface area contributed by atoms with Crippen molar-refractivity contribution in [1.82, 2.24) is 9.97 Å². The van der Waals surface area contributed by atoms with Crippen LogP contribution in [0.15, 0.2) is 67.0 Å². The van der Waals surface area contributed by atoms with E-state index in [0.29, 0.717) is 0 Å². The summed E-state index contributed by atoms with van der Waals surface area (Å²) in [6.07, 6.45) is 3.63. The quantitative estimate of drug-likeness (QED) is 0.531. The maximum Gasteiger partial charge on any atom is 0.397 e. The molecule has 0 aliphatic carbocycles. The minimum absolute atomic E-state index is 0. The molecule has 4 rings (SSSR count). The van der Waals surface area contributed by atoms with Crippen LogP contribution in [0.5, 0.6) is 0 Å². The summed E-state index contributed by atoms with van der Waals surface area (Å²) in [5.41, 5.74) is 4.32. The summed E-state index contributed by atoms with van der Waals surface area (Å²) in [4.78, 5) is 13.1. The number of fused-ring (bicyclic) bond motifs is 1. The van der Waals surface area contributed by atoms with E-state index in [-0.39, 0.29) is 20.1 Å². The van der Waals surface area contributed by atoms with Crippen LogP contribution >= 0.6 is 0 Å². The Kier molecular flexibility index (Phi) is 4.46. The number of nitrogens with zero attached hydrogens (tertiary/aromatic N) is 4. The second-order valence-electron chi connectivity index (χ2n) is 5.20. The molecule has 0 fully saturated rings. The minimum Gasteiger partial charge on any atom is -0.400 e. The SMILES string of the molecule is CN1[B]N(c2cc(-c3ccccn3)ccn2)c2ccccc21.[Ir]. The molecule has 0 amide bonds. The standard InChI is InChI=1S/C17H14BN4.Ir/c1-21-15-7-2-3-8-16(15)22(18-21)17-12-13(9-11-20-17)14-6-4-5-10-19-14;/h2-12H,1H3;. The van der Waals surface area contributed by atoms with Gasteiger partial charge in [0.05, 0.1) is 11.4 Å². The van der Waals surface area contributed by atoms with Crippen LogP contribution in [0, 0.1) is 0 Å². The molecule has 0 bridgehead atoms. The topological polar surface area (TPSA) is 32.3 Å². The molecular weight excluding hydrogens is 463 g/mol. The van der Waals surface area contributed by atoms with E-state index in [1.54, 1.807) is 6.20 Å². The van der Waals surface area contributed by atoms with E-state index in [0.717, 1.165) is 22.8 Å². The van der Waals surface area contributed by atoms with Crippen LogP contribution in [0.1, 0.15) is 0 Å². The molecule has 114 valence electrons. The van der Waals surface area contributed by atoms with E-state index in [2.05, 4.69) is 45.3 Å². The molecule has 0 spiro atoms. The van der Waals surface area contributed by atoms with Gasteiger partial charge >= 0.3 is 7.55 Å². The number of pyridine rings is 2. The average Bonchev–Trinajstić information content (AvgIpc) is 2.93. The molecule has 4 nitrogen and oxygen atoms in total. The first-order valence-electron chi connectivity index (χ1n) is 7.16. The van der Waals surface area contributed by atoms with Crippen LogP contribution in [0.25, 0.3) is 11.3 Å². The van der Waals surface area contributed by atoms with Gasteiger partial charge < -0.3 is 9.62 Å². The zero-order chi connectivity index (χ0) is 14.9. The number of rotatable bonds is 2. The van der Waals surface area contributed by atoms with Gasteiger partial charge in [0.15, 0.2) is 0 Å². The number of anilines is 3. The van der Waals surface area contributed by atoms with Gasteiger partial charge in [-0.05, 0) is 43.4 Å². The van der Waals surface area contributed by atoms with Crippen LogP contribution in [0.2, 0.25) is 0 Å². The Morgan fingerprint density at radius 1 is 0.870 bits per heavy atom. The summed E-state index contributed by atoms with van der Waals surface area (Å²) >= 11 is 0. The molecule has 0 N–H and O–H groups in total. The molecule has 3 heterocycles. The van der Waals surface area contributed by atoms with Crippen LogP contribution in [-0.4, -0.2) is 24.6 Å². The number of hydrogen-bond acceptors (Lipinski definition) is 4. The maximum atomic E-state index is 4.52. The number of para-hydroxylation sites is 2. The Bertz CT molecular complexity index is 812. The molecule has 2 aromatic heterocycles. The van der Waals surface area contributed by atoms with Gasteiger partial charge in [-0.3, -0.25) is 4.98 Å². The second-order valence-corrected chi connectivity index (χ2v) is 5.20. The van der Waals surface area contributed by atoms with Crippen molar-refractivity contribution in [2.75, 3.05) is 16.7 Å². The van der Waals surface area contributed by atoms with Crippen LogP contribution in [-0.2, 0) is 20.1 Å². The third-order valence-electron chi connectivity index (χ3n) is 3.76. The molecule has 1 aliphatic heterocycles. The van der Waals surface area contributed by atoms with Crippen LogP contribution < -0.4 is 9.62 Å². The van der Waals surface area contributed by atoms with Gasteiger partial charge in [0, 0.05) is 43.7 Å². The van der Waals surface area contributed by atoms with E-state index in [1.165, 1.54) is 5.69 Å². The zero-order valence-corrected chi connectivity index (χ0v) is 14.9. The minimum atomic E-state index is 0. The van der Waals surface area contributed by atoms with Crippen molar-refractivity contribution >= 4 is 24.7 Å². The molecule has 2 radical (unpaired) electrons. The molecule has 0 atom stereocenters. The Morgan fingerprint density at radius 2 is 1.65 bits per heavy atom. The first-order valence-corrected chi connectivity index (χ1v) is 7.16. The van der Waals surface area contributed by atoms with Gasteiger partial charge in [0.2, 0.25) is 0 Å². The molecular formula is C17H14BIrN4. The fourth-order valence-electron chi connectivity index (χ4n) is 2.69. The number of benzene rings is 1. The van der Waals surface area contributed by atoms with Gasteiger partial charge in [0.25, 0.3) is 0 Å². The van der Waals surface area contributed by atoms with Gasteiger partial charge in [-0.2, -0.15) is 0 Å². The summed E-state index contributed by atoms with van der Waals surface area (Å²) in [6.45, 7) is 0. The summed E-state index contributed by atoms with van der Waals surface area (Å²) in [6, 6.07) is 18.3. The molecule has 23 heavy (non-hydrogen) atoms. The smallest absolute Gasteiger partial charge is 0.397 e. The van der Waals surface area contributed by atoms with Crippen molar-refractivity contribution in [3.05, 3.63) is 67.0 Å². The van der Waals surface area contributed by atoms with Gasteiger partial charge in [0.1, 0.15) is 5.82 Å². The predicted octanol–water partition coefficient (Wildman–Crippen LogP) is 3.26. The van der Waals surface area contributed by atoms with Crippen molar-refractivity contribution in [3.63, 3.8) is 0 Å². The van der Waals surface area contributed by atoms with Gasteiger partial charge in [-0.25, -0.2) is 4.98 Å². The van der Waals surface area contributed by atoms with Crippen molar-refractivity contribution < 1.29 is 20.1 Å². The molecule has 0 unspecified atom stereocenters. The summed E-state index contributed by atoms with van der Waals surface area (Å²) in [7, 11) is 4.09. The molecule has 0 saturated heterocycles. The van der Waals surface area contributed by atoms with E-state index < -0.39 is 0 Å². The fourth-order valence-corrected chi connectivity index (χ4v) is 2.69. The normalized spacial score (nSPS) is 12.4. The predicted molar refractivity (Wildman–Crippen MR) is 90.2 cm³/mol. The van der Waals surface area contributed by atoms with E-state index >= 15 is 0 Å². The van der Waals surface area contributed by atoms with E-state index in [9.17, 15) is 0 Å². The third-order valence-corrected chi connectivity index (χ3v) is 3.76. The molecule has 3 aromatic rings. The third kappa shape index (κ3) is 2.88. The van der Waals surface area contributed by atoms with Gasteiger partial charge in [-0.15, -0.1) is 0 Å². The van der Waals surface area contributed by atoms with Crippen molar-refractivity contribution in [1.29, 1.82) is 0 Å². The summed E-state index contributed by atoms with van der Waals surface area (Å²) in [5.74, 6) is 0.889. The zero-order valence-electron chi connectivity index (χ0n) is 12.6. The van der Waals surface area contributed by atoms with E-state index in [4.69, 9.17) is 0 Å². The Balaban J connectivity index is 0.00000156. The summed E-state index contributed by atoms with van der Waals surface area (Å²) < 4.78 is 0. The van der Waals surface area contributed by atoms with Crippen LogP contribution in [0.3, 0.4) is 0 Å². The average molecular weight is 477 g/mol. The largest absolute Gasteiger partial charge is 0.400 e. The first-order chi connectivity index (χ1) is 10.8. The van der Waals surface area contributed by atoms with Crippen molar-refractivity contribution in [2.45, 2.75) is 0 Å². The number of hydrogen-bond donors (Lipinski definition) is 0. The number of aromatic nitrogens is 2. The Labute approximate surface area is 149 Å². The van der Waals surface area contributed by atoms with E-state index in [1.807, 2.05) is 49.6 Å². The monoisotopic (exact) mass is 478 g/mol. The van der Waals surface area contributed by atoms with Crippen molar-refractivity contribution in [2.24, 2.45) is 0 Å². The molecule has 0 saturated carbocycles. The Hall–Kier alpha value is -2.17. The maximum absolute atomic E-state index is 4.52.